The van der Waals surface area contributed by atoms with E-state index < -0.39 is 6.10 Å². The summed E-state index contributed by atoms with van der Waals surface area (Å²) in [6.07, 6.45) is 71.2. The van der Waals surface area contributed by atoms with Crippen LogP contribution in [0.1, 0.15) is 245 Å². The molecule has 0 aliphatic carbocycles. The molecule has 1 atom stereocenters. The summed E-state index contributed by atoms with van der Waals surface area (Å²) in [7, 11) is 0. The Labute approximate surface area is 407 Å². The highest BCUT2D eigenvalue weighted by atomic mass is 16.6. The van der Waals surface area contributed by atoms with E-state index in [1.807, 2.05) is 6.08 Å². The predicted octanol–water partition coefficient (Wildman–Crippen LogP) is 18.1. The number of esters is 3. The highest BCUT2D eigenvalue weighted by Gasteiger charge is 2.19. The van der Waals surface area contributed by atoms with Gasteiger partial charge in [-0.2, -0.15) is 0 Å². The molecule has 0 amide bonds. The third kappa shape index (κ3) is 51.3. The molecule has 0 N–H and O–H groups in total. The summed E-state index contributed by atoms with van der Waals surface area (Å²) in [5.74, 6) is -1.01. The minimum atomic E-state index is -0.816. The molecule has 0 bridgehead atoms. The number of hydrogen-bond donors (Lipinski definition) is 0. The Balaban J connectivity index is 4.53. The molecule has 0 fully saturated rings. The highest BCUT2D eigenvalue weighted by molar-refractivity contribution is 5.71. The number of ether oxygens (including phenoxy) is 3. The van der Waals surface area contributed by atoms with Crippen molar-refractivity contribution in [3.8, 4) is 0 Å². The quantitative estimate of drug-likeness (QED) is 0.0262. The predicted molar refractivity (Wildman–Crippen MR) is 284 cm³/mol. The maximum absolute atomic E-state index is 12.8. The molecule has 6 heteroatoms. The van der Waals surface area contributed by atoms with Crippen molar-refractivity contribution in [1.82, 2.24) is 0 Å². The van der Waals surface area contributed by atoms with Crippen molar-refractivity contribution >= 4 is 17.9 Å². The molecule has 0 spiro atoms. The normalized spacial score (nSPS) is 12.8. The fraction of sp³-hybridized carbons (Fsp3) is 0.683. The molecule has 6 nitrogen and oxygen atoms in total. The van der Waals surface area contributed by atoms with Crippen LogP contribution in [0.15, 0.2) is 97.2 Å². The molecule has 66 heavy (non-hydrogen) atoms. The second-order valence-corrected chi connectivity index (χ2v) is 17.7. The molecule has 0 saturated heterocycles. The van der Waals surface area contributed by atoms with E-state index in [9.17, 15) is 14.4 Å². The van der Waals surface area contributed by atoms with Crippen molar-refractivity contribution in [3.05, 3.63) is 97.2 Å². The largest absolute Gasteiger partial charge is 0.462 e. The number of unbranched alkanes of at least 4 members (excludes halogenated alkanes) is 21. The Morgan fingerprint density at radius 1 is 0.318 bits per heavy atom. The Morgan fingerprint density at radius 3 is 1.02 bits per heavy atom. The third-order valence-electron chi connectivity index (χ3n) is 11.3. The Kier molecular flexibility index (Phi) is 50.9. The standard InChI is InChI=1S/C60H100O6/c1-4-7-10-13-16-19-22-25-28-29-30-31-33-35-38-41-44-47-50-53-59(62)65-56-57(55-64-58(61)52-49-46-43-40-37-34-27-24-21-18-15-12-9-6-3)66-60(63)54-51-48-45-42-39-36-32-26-23-20-17-14-11-8-5-2/h7,10,16,19,24-28,30-32,35,38,44,47,57H,4-6,8-9,11-15,17-18,20-23,29,33-34,36-37,39-43,45-46,48-56H2,1-3H3/b10-7-,19-16-,27-24-,28-25-,31-30-,32-26-,38-35-,47-44-/t57-/m1/s1. The van der Waals surface area contributed by atoms with Crippen LogP contribution in [0.5, 0.6) is 0 Å². The molecule has 0 aliphatic rings. The maximum Gasteiger partial charge on any atom is 0.306 e. The first-order chi connectivity index (χ1) is 32.5. The van der Waals surface area contributed by atoms with Gasteiger partial charge in [0.1, 0.15) is 13.2 Å². The van der Waals surface area contributed by atoms with Crippen molar-refractivity contribution in [2.24, 2.45) is 0 Å². The Hall–Kier alpha value is -3.67. The Morgan fingerprint density at radius 2 is 0.621 bits per heavy atom. The first-order valence-corrected chi connectivity index (χ1v) is 27.2. The van der Waals surface area contributed by atoms with Crippen molar-refractivity contribution in [3.63, 3.8) is 0 Å². The summed E-state index contributed by atoms with van der Waals surface area (Å²) in [6, 6.07) is 0. The van der Waals surface area contributed by atoms with Crippen LogP contribution >= 0.6 is 0 Å². The third-order valence-corrected chi connectivity index (χ3v) is 11.3. The smallest absolute Gasteiger partial charge is 0.306 e. The minimum Gasteiger partial charge on any atom is -0.462 e. The lowest BCUT2D eigenvalue weighted by atomic mass is 10.1. The van der Waals surface area contributed by atoms with Crippen molar-refractivity contribution < 1.29 is 28.6 Å². The summed E-state index contributed by atoms with van der Waals surface area (Å²) in [6.45, 7) is 6.43. The molecule has 0 unspecified atom stereocenters. The summed E-state index contributed by atoms with van der Waals surface area (Å²) in [4.78, 5) is 38.0. The van der Waals surface area contributed by atoms with E-state index in [-0.39, 0.29) is 37.5 Å². The van der Waals surface area contributed by atoms with Crippen LogP contribution in [0, 0.1) is 0 Å². The van der Waals surface area contributed by atoms with Crippen LogP contribution < -0.4 is 0 Å². The zero-order valence-corrected chi connectivity index (χ0v) is 42.9. The van der Waals surface area contributed by atoms with Gasteiger partial charge in [-0.05, 0) is 109 Å². The van der Waals surface area contributed by atoms with Gasteiger partial charge in [0.05, 0.1) is 0 Å². The lowest BCUT2D eigenvalue weighted by molar-refractivity contribution is -0.166. The monoisotopic (exact) mass is 917 g/mol. The van der Waals surface area contributed by atoms with Gasteiger partial charge in [0.25, 0.3) is 0 Å². The van der Waals surface area contributed by atoms with Crippen LogP contribution in [0.25, 0.3) is 0 Å². The molecule has 0 rings (SSSR count). The van der Waals surface area contributed by atoms with Gasteiger partial charge in [-0.1, -0.05) is 214 Å². The second-order valence-electron chi connectivity index (χ2n) is 17.7. The first-order valence-electron chi connectivity index (χ1n) is 27.2. The summed E-state index contributed by atoms with van der Waals surface area (Å²) < 4.78 is 16.7. The van der Waals surface area contributed by atoms with E-state index in [4.69, 9.17) is 14.2 Å². The number of hydrogen-bond acceptors (Lipinski definition) is 6. The average Bonchev–Trinajstić information content (AvgIpc) is 3.31. The van der Waals surface area contributed by atoms with E-state index in [1.54, 1.807) is 0 Å². The number of carbonyl (C=O) groups excluding carboxylic acids is 3. The van der Waals surface area contributed by atoms with Gasteiger partial charge in [-0.3, -0.25) is 14.4 Å². The lowest BCUT2D eigenvalue weighted by Crippen LogP contribution is -2.30. The van der Waals surface area contributed by atoms with Crippen LogP contribution in [0.2, 0.25) is 0 Å². The maximum atomic E-state index is 12.8. The highest BCUT2D eigenvalue weighted by Crippen LogP contribution is 2.13. The van der Waals surface area contributed by atoms with Gasteiger partial charge in [0.2, 0.25) is 0 Å². The van der Waals surface area contributed by atoms with Crippen LogP contribution in [-0.4, -0.2) is 37.2 Å². The number of rotatable bonds is 48. The molecule has 0 radical (unpaired) electrons. The first kappa shape index (κ1) is 62.3. The van der Waals surface area contributed by atoms with Crippen LogP contribution in [-0.2, 0) is 28.6 Å². The molecule has 376 valence electrons. The van der Waals surface area contributed by atoms with Crippen LogP contribution in [0.3, 0.4) is 0 Å². The number of allylic oxidation sites excluding steroid dienone is 16. The van der Waals surface area contributed by atoms with Crippen molar-refractivity contribution in [2.45, 2.75) is 252 Å². The Bertz CT molecular complexity index is 1330. The number of carbonyl (C=O) groups is 3. The van der Waals surface area contributed by atoms with E-state index in [2.05, 4.69) is 112 Å². The molecule has 0 aromatic rings. The van der Waals surface area contributed by atoms with Crippen LogP contribution in [0.4, 0.5) is 0 Å². The molecule has 0 aliphatic heterocycles. The minimum absolute atomic E-state index is 0.109. The second kappa shape index (κ2) is 53.9. The molecular weight excluding hydrogens is 817 g/mol. The van der Waals surface area contributed by atoms with E-state index in [0.717, 1.165) is 103 Å². The molecule has 0 aromatic heterocycles. The lowest BCUT2D eigenvalue weighted by Gasteiger charge is -2.18. The van der Waals surface area contributed by atoms with Gasteiger partial charge < -0.3 is 14.2 Å². The van der Waals surface area contributed by atoms with Crippen molar-refractivity contribution in [1.29, 1.82) is 0 Å². The van der Waals surface area contributed by atoms with Crippen molar-refractivity contribution in [2.75, 3.05) is 13.2 Å². The molecule has 0 aromatic carbocycles. The van der Waals surface area contributed by atoms with Gasteiger partial charge in [0.15, 0.2) is 6.10 Å². The SMILES string of the molecule is CC/C=C\C/C=C\C/C=C\C/C=C\C/C=C\C/C=C\CCC(=O)OC[C@@H](COC(=O)CCCCCCC/C=C\CCCCCCC)OC(=O)CCCCCCC/C=C\CCCCCCCC. The van der Waals surface area contributed by atoms with Gasteiger partial charge in [-0.15, -0.1) is 0 Å². The van der Waals surface area contributed by atoms with Gasteiger partial charge in [-0.25, -0.2) is 0 Å². The fourth-order valence-electron chi connectivity index (χ4n) is 7.22. The summed E-state index contributed by atoms with van der Waals surface area (Å²) in [5.41, 5.74) is 0. The topological polar surface area (TPSA) is 78.9 Å². The zero-order chi connectivity index (χ0) is 47.9. The van der Waals surface area contributed by atoms with Gasteiger partial charge in [0, 0.05) is 19.3 Å². The van der Waals surface area contributed by atoms with Gasteiger partial charge >= 0.3 is 17.9 Å². The molecule has 0 heterocycles. The average molecular weight is 917 g/mol. The summed E-state index contributed by atoms with van der Waals surface area (Å²) in [5, 5.41) is 0. The zero-order valence-electron chi connectivity index (χ0n) is 42.9. The van der Waals surface area contributed by atoms with E-state index in [1.165, 1.54) is 96.3 Å². The molecule has 0 saturated carbocycles. The van der Waals surface area contributed by atoms with E-state index >= 15 is 0 Å². The molecular formula is C60H100O6. The van der Waals surface area contributed by atoms with E-state index in [0.29, 0.717) is 19.3 Å². The fourth-order valence-corrected chi connectivity index (χ4v) is 7.22. The summed E-state index contributed by atoms with van der Waals surface area (Å²) >= 11 is 0.